The Bertz CT molecular complexity index is 1220. The first-order valence-electron chi connectivity index (χ1n) is 11.8. The van der Waals surface area contributed by atoms with Gasteiger partial charge in [-0.05, 0) is 42.0 Å². The first-order chi connectivity index (χ1) is 17.0. The number of aliphatic hydroxyl groups is 1. The van der Waals surface area contributed by atoms with Crippen molar-refractivity contribution in [2.45, 2.75) is 63.5 Å². The summed E-state index contributed by atoms with van der Waals surface area (Å²) in [6.45, 7) is 4.91. The number of benzene rings is 1. The second-order valence-corrected chi connectivity index (χ2v) is 9.41. The second kappa shape index (κ2) is 10.6. The summed E-state index contributed by atoms with van der Waals surface area (Å²) in [4.78, 5) is 13.5. The predicted octanol–water partition coefficient (Wildman–Crippen LogP) is 4.92. The zero-order valence-corrected chi connectivity index (χ0v) is 19.9. The number of aliphatic hydroxyl groups excluding tert-OH is 1. The number of anilines is 1. The molecule has 1 fully saturated rings. The lowest BCUT2D eigenvalue weighted by Gasteiger charge is -2.26. The fourth-order valence-electron chi connectivity index (χ4n) is 4.25. The highest BCUT2D eigenvalue weighted by atomic mass is 19.4. The molecule has 0 bridgehead atoms. The monoisotopic (exact) mass is 509 g/mol. The number of fused-ring (bicyclic) bond motifs is 1. The van der Waals surface area contributed by atoms with Crippen LogP contribution < -0.4 is 10.6 Å². The van der Waals surface area contributed by atoms with Crippen LogP contribution >= 0.6 is 0 Å². The van der Waals surface area contributed by atoms with Gasteiger partial charge in [-0.2, -0.15) is 13.2 Å². The number of hydrogen-bond donors (Lipinski definition) is 3. The number of halogens is 5. The van der Waals surface area contributed by atoms with Crippen LogP contribution in [0.2, 0.25) is 0 Å². The predicted molar refractivity (Wildman–Crippen MR) is 127 cm³/mol. The average molecular weight is 510 g/mol. The Hall–Kier alpha value is -2.92. The van der Waals surface area contributed by atoms with Crippen molar-refractivity contribution in [1.29, 1.82) is 0 Å². The van der Waals surface area contributed by atoms with E-state index in [-0.39, 0.29) is 23.9 Å². The molecule has 6 nitrogen and oxygen atoms in total. The second-order valence-electron chi connectivity index (χ2n) is 9.41. The summed E-state index contributed by atoms with van der Waals surface area (Å²) in [6.07, 6.45) is -7.13. The van der Waals surface area contributed by atoms with Gasteiger partial charge in [-0.1, -0.05) is 26.0 Å². The summed E-state index contributed by atoms with van der Waals surface area (Å²) in [5, 5.41) is 15.4. The smallest absolute Gasteiger partial charge is 0.384 e. The molecule has 11 heteroatoms. The van der Waals surface area contributed by atoms with Gasteiger partial charge in [0.25, 0.3) is 0 Å². The van der Waals surface area contributed by atoms with Gasteiger partial charge < -0.3 is 15.7 Å². The Labute approximate surface area is 205 Å². The number of piperidine rings is 1. The number of nitrogens with zero attached hydrogens (tertiary/aromatic N) is 3. The molecule has 3 heterocycles. The van der Waals surface area contributed by atoms with Crippen LogP contribution in [0.5, 0.6) is 0 Å². The molecule has 0 spiro atoms. The quantitative estimate of drug-likeness (QED) is 0.392. The molecule has 1 unspecified atom stereocenters. The summed E-state index contributed by atoms with van der Waals surface area (Å²) < 4.78 is 66.0. The van der Waals surface area contributed by atoms with Crippen LogP contribution in [-0.2, 0) is 6.42 Å². The Balaban J connectivity index is 1.59. The molecule has 4 rings (SSSR count). The van der Waals surface area contributed by atoms with E-state index in [1.807, 2.05) is 19.9 Å². The normalized spacial score (nSPS) is 19.6. The first kappa shape index (κ1) is 26.2. The minimum atomic E-state index is -4.74. The third-order valence-corrected chi connectivity index (χ3v) is 6.24. The molecule has 0 amide bonds. The maximum atomic E-state index is 14.7. The van der Waals surface area contributed by atoms with Crippen LogP contribution in [0.3, 0.4) is 0 Å². The van der Waals surface area contributed by atoms with Gasteiger partial charge in [-0.3, -0.25) is 0 Å². The fraction of sp³-hybridized carbons (Fsp3) is 0.480. The molecule has 3 N–H and O–H groups in total. The molecular weight excluding hydrogens is 481 g/mol. The van der Waals surface area contributed by atoms with E-state index in [9.17, 15) is 27.1 Å². The minimum absolute atomic E-state index is 0.0524. The summed E-state index contributed by atoms with van der Waals surface area (Å²) >= 11 is 0. The SMILES string of the molecule is CC(C)c1cc(-c2ccc(CCC(O)C(F)(F)F)c(F)c2)nc2cnc(N[C@@H]3CNC[C@@H](F)C3)nc12. The number of rotatable bonds is 7. The summed E-state index contributed by atoms with van der Waals surface area (Å²) in [6, 6.07) is 5.91. The number of alkyl halides is 4. The Morgan fingerprint density at radius 2 is 1.94 bits per heavy atom. The van der Waals surface area contributed by atoms with Crippen LogP contribution in [-0.4, -0.2) is 57.6 Å². The summed E-state index contributed by atoms with van der Waals surface area (Å²) in [5.41, 5.74) is 3.02. The number of aryl methyl sites for hydroxylation is 1. The molecule has 0 radical (unpaired) electrons. The first-order valence-corrected chi connectivity index (χ1v) is 11.8. The van der Waals surface area contributed by atoms with E-state index in [4.69, 9.17) is 0 Å². The fourth-order valence-corrected chi connectivity index (χ4v) is 4.25. The van der Waals surface area contributed by atoms with Gasteiger partial charge in [-0.25, -0.2) is 23.7 Å². The van der Waals surface area contributed by atoms with Gasteiger partial charge >= 0.3 is 6.18 Å². The van der Waals surface area contributed by atoms with Crippen molar-refractivity contribution in [3.05, 3.63) is 47.4 Å². The van der Waals surface area contributed by atoms with E-state index >= 15 is 0 Å². The Kier molecular flexibility index (Phi) is 7.70. The maximum absolute atomic E-state index is 14.7. The highest BCUT2D eigenvalue weighted by Crippen LogP contribution is 2.30. The van der Waals surface area contributed by atoms with E-state index in [1.165, 1.54) is 12.1 Å². The van der Waals surface area contributed by atoms with Gasteiger partial charge in [-0.15, -0.1) is 0 Å². The van der Waals surface area contributed by atoms with Gasteiger partial charge in [0.1, 0.15) is 23.6 Å². The number of nitrogens with one attached hydrogen (secondary N) is 2. The Morgan fingerprint density at radius 3 is 2.61 bits per heavy atom. The zero-order valence-electron chi connectivity index (χ0n) is 19.9. The molecule has 0 saturated carbocycles. The highest BCUT2D eigenvalue weighted by molar-refractivity contribution is 5.82. The van der Waals surface area contributed by atoms with Gasteiger partial charge in [0, 0.05) is 31.1 Å². The van der Waals surface area contributed by atoms with E-state index in [0.717, 1.165) is 5.56 Å². The van der Waals surface area contributed by atoms with Crippen molar-refractivity contribution in [3.63, 3.8) is 0 Å². The number of hydrogen-bond acceptors (Lipinski definition) is 6. The maximum Gasteiger partial charge on any atom is 0.414 e. The number of pyridine rings is 1. The molecule has 1 aromatic carbocycles. The Morgan fingerprint density at radius 1 is 1.17 bits per heavy atom. The molecule has 3 atom stereocenters. The van der Waals surface area contributed by atoms with Gasteiger partial charge in [0.15, 0.2) is 0 Å². The van der Waals surface area contributed by atoms with Crippen LogP contribution in [0.4, 0.5) is 27.9 Å². The van der Waals surface area contributed by atoms with E-state index in [0.29, 0.717) is 47.7 Å². The van der Waals surface area contributed by atoms with Gasteiger partial charge in [0.05, 0.1) is 17.4 Å². The van der Waals surface area contributed by atoms with Crippen molar-refractivity contribution < 1.29 is 27.1 Å². The molecular formula is C25H28F5N5O. The van der Waals surface area contributed by atoms with Crippen molar-refractivity contribution >= 4 is 17.0 Å². The van der Waals surface area contributed by atoms with E-state index < -0.39 is 30.7 Å². The van der Waals surface area contributed by atoms with Crippen molar-refractivity contribution in [2.24, 2.45) is 0 Å². The average Bonchev–Trinajstić information content (AvgIpc) is 2.81. The molecule has 1 aliphatic heterocycles. The summed E-state index contributed by atoms with van der Waals surface area (Å²) in [7, 11) is 0. The van der Waals surface area contributed by atoms with Crippen LogP contribution in [0.15, 0.2) is 30.5 Å². The molecule has 36 heavy (non-hydrogen) atoms. The minimum Gasteiger partial charge on any atom is -0.384 e. The number of aromatic nitrogens is 3. The van der Waals surface area contributed by atoms with Crippen molar-refractivity contribution in [2.75, 3.05) is 18.4 Å². The lowest BCUT2D eigenvalue weighted by atomic mass is 9.98. The third-order valence-electron chi connectivity index (χ3n) is 6.24. The largest absolute Gasteiger partial charge is 0.414 e. The topological polar surface area (TPSA) is 83.0 Å². The van der Waals surface area contributed by atoms with E-state index in [2.05, 4.69) is 25.6 Å². The van der Waals surface area contributed by atoms with Crippen molar-refractivity contribution in [3.8, 4) is 11.3 Å². The van der Waals surface area contributed by atoms with Crippen LogP contribution in [0.1, 0.15) is 43.7 Å². The summed E-state index contributed by atoms with van der Waals surface area (Å²) in [5.74, 6) is -0.245. The van der Waals surface area contributed by atoms with Crippen molar-refractivity contribution in [1.82, 2.24) is 20.3 Å². The standard InChI is InChI=1S/C25H28F5N5O/c1-13(2)18-9-20(15-4-3-14(19(27)7-15)5-6-22(36)25(28,29)30)34-21-12-32-24(35-23(18)21)33-17-8-16(26)10-31-11-17/h3-4,7,9,12-13,16-17,22,31,36H,5-6,8,10-11H2,1-2H3,(H,32,33,35)/t16-,17-,22?/m0/s1. The molecule has 3 aromatic rings. The van der Waals surface area contributed by atoms with Crippen LogP contribution in [0.25, 0.3) is 22.3 Å². The highest BCUT2D eigenvalue weighted by Gasteiger charge is 2.37. The lowest BCUT2D eigenvalue weighted by molar-refractivity contribution is -0.205. The molecule has 1 aliphatic rings. The van der Waals surface area contributed by atoms with Crippen LogP contribution in [0, 0.1) is 5.82 Å². The molecule has 0 aliphatic carbocycles. The molecule has 1 saturated heterocycles. The van der Waals surface area contributed by atoms with Gasteiger partial charge in [0.2, 0.25) is 5.95 Å². The van der Waals surface area contributed by atoms with E-state index in [1.54, 1.807) is 12.3 Å². The molecule has 2 aromatic heterocycles. The molecule has 194 valence electrons. The zero-order chi connectivity index (χ0) is 26.0. The lowest BCUT2D eigenvalue weighted by Crippen LogP contribution is -2.44. The third kappa shape index (κ3) is 6.07.